The molecule has 1 aliphatic carbocycles. The van der Waals surface area contributed by atoms with E-state index < -0.39 is 20.4 Å². The number of rotatable bonds is 3. The molecule has 0 spiro atoms. The summed E-state index contributed by atoms with van der Waals surface area (Å²) in [6.07, 6.45) is 2.09. The molecule has 16 heavy (non-hydrogen) atoms. The van der Waals surface area contributed by atoms with Crippen molar-refractivity contribution in [3.63, 3.8) is 0 Å². The maximum Gasteiger partial charge on any atom is 0.185 e. The fourth-order valence-corrected chi connectivity index (χ4v) is 4.06. The molecule has 0 saturated heterocycles. The zero-order chi connectivity index (χ0) is 11.8. The van der Waals surface area contributed by atoms with E-state index >= 15 is 0 Å². The van der Waals surface area contributed by atoms with Crippen LogP contribution in [0.3, 0.4) is 0 Å². The lowest BCUT2D eigenvalue weighted by Gasteiger charge is -2.39. The van der Waals surface area contributed by atoms with Gasteiger partial charge < -0.3 is 5.73 Å². The molecule has 0 heterocycles. The summed E-state index contributed by atoms with van der Waals surface area (Å²) in [5.74, 6) is -0.436. The number of halogens is 1. The molecule has 88 valence electrons. The number of hydrogen-bond acceptors (Lipinski definition) is 3. The van der Waals surface area contributed by atoms with Crippen molar-refractivity contribution >= 4 is 9.84 Å². The molecule has 0 unspecified atom stereocenters. The lowest BCUT2D eigenvalue weighted by Crippen LogP contribution is -2.51. The van der Waals surface area contributed by atoms with Crippen molar-refractivity contribution in [3.8, 4) is 0 Å². The molecule has 0 atom stereocenters. The van der Waals surface area contributed by atoms with Crippen molar-refractivity contribution in [1.29, 1.82) is 0 Å². The van der Waals surface area contributed by atoms with Crippen LogP contribution in [0.2, 0.25) is 0 Å². The average Bonchev–Trinajstić information content (AvgIpc) is 2.17. The average molecular weight is 243 g/mol. The summed E-state index contributed by atoms with van der Waals surface area (Å²) in [6, 6.07) is 4.94. The monoisotopic (exact) mass is 243 g/mol. The molecule has 0 radical (unpaired) electrons. The van der Waals surface area contributed by atoms with E-state index in [0.717, 1.165) is 18.6 Å². The van der Waals surface area contributed by atoms with Crippen molar-refractivity contribution in [2.24, 2.45) is 5.73 Å². The quantitative estimate of drug-likeness (QED) is 0.818. The Morgan fingerprint density at radius 1 is 1.25 bits per heavy atom. The highest BCUT2D eigenvalue weighted by atomic mass is 32.2. The Hall–Kier alpha value is -0.940. The first-order valence-electron chi connectivity index (χ1n) is 5.22. The van der Waals surface area contributed by atoms with Crippen molar-refractivity contribution in [3.05, 3.63) is 30.1 Å². The molecule has 1 aromatic rings. The first kappa shape index (κ1) is 11.5. The van der Waals surface area contributed by atoms with Gasteiger partial charge in [0.1, 0.15) is 5.82 Å². The molecule has 5 heteroatoms. The van der Waals surface area contributed by atoms with Crippen LogP contribution in [0.15, 0.2) is 29.2 Å². The van der Waals surface area contributed by atoms with Gasteiger partial charge in [-0.25, -0.2) is 12.8 Å². The summed E-state index contributed by atoms with van der Waals surface area (Å²) in [7, 11) is -3.42. The van der Waals surface area contributed by atoms with Crippen molar-refractivity contribution in [1.82, 2.24) is 0 Å². The van der Waals surface area contributed by atoms with Crippen LogP contribution in [0.1, 0.15) is 19.3 Å². The van der Waals surface area contributed by atoms with E-state index in [9.17, 15) is 12.8 Å². The van der Waals surface area contributed by atoms with Crippen LogP contribution in [-0.4, -0.2) is 19.7 Å². The van der Waals surface area contributed by atoms with E-state index in [2.05, 4.69) is 0 Å². The van der Waals surface area contributed by atoms with Gasteiger partial charge in [-0.05, 0) is 37.1 Å². The maximum atomic E-state index is 12.7. The molecule has 0 aromatic heterocycles. The molecule has 1 aromatic carbocycles. The highest BCUT2D eigenvalue weighted by Crippen LogP contribution is 2.41. The minimum Gasteiger partial charge on any atom is -0.329 e. The van der Waals surface area contributed by atoms with Crippen molar-refractivity contribution in [2.45, 2.75) is 28.9 Å². The van der Waals surface area contributed by atoms with E-state index in [0.29, 0.717) is 12.8 Å². The summed E-state index contributed by atoms with van der Waals surface area (Å²) < 4.78 is 36.5. The van der Waals surface area contributed by atoms with Gasteiger partial charge in [0.2, 0.25) is 0 Å². The Kier molecular flexibility index (Phi) is 2.75. The lowest BCUT2D eigenvalue weighted by molar-refractivity contribution is 0.344. The summed E-state index contributed by atoms with van der Waals surface area (Å²) in [5.41, 5.74) is 5.57. The highest BCUT2D eigenvalue weighted by Gasteiger charge is 2.48. The fraction of sp³-hybridized carbons (Fsp3) is 0.455. The predicted octanol–water partition coefficient (Wildman–Crippen LogP) is 1.48. The van der Waals surface area contributed by atoms with E-state index in [1.165, 1.54) is 12.1 Å². The molecule has 1 aliphatic rings. The third kappa shape index (κ3) is 1.55. The first-order chi connectivity index (χ1) is 7.52. The standard InChI is InChI=1S/C11H14FNO2S/c12-9-2-4-10(5-3-9)16(14,15)11(8-13)6-1-7-11/h2-5H,1,6-8,13H2. The third-order valence-electron chi connectivity index (χ3n) is 3.33. The number of nitrogens with two attached hydrogens (primary N) is 1. The van der Waals surface area contributed by atoms with E-state index in [1.807, 2.05) is 0 Å². The highest BCUT2D eigenvalue weighted by molar-refractivity contribution is 7.93. The topological polar surface area (TPSA) is 60.2 Å². The van der Waals surface area contributed by atoms with Gasteiger partial charge >= 0.3 is 0 Å². The van der Waals surface area contributed by atoms with E-state index in [-0.39, 0.29) is 11.4 Å². The van der Waals surface area contributed by atoms with Crippen molar-refractivity contribution < 1.29 is 12.8 Å². The van der Waals surface area contributed by atoms with Gasteiger partial charge in [0, 0.05) is 6.54 Å². The number of hydrogen-bond donors (Lipinski definition) is 1. The molecule has 3 nitrogen and oxygen atoms in total. The van der Waals surface area contributed by atoms with Gasteiger partial charge in [-0.3, -0.25) is 0 Å². The Balaban J connectivity index is 2.42. The van der Waals surface area contributed by atoms with Crippen LogP contribution in [0, 0.1) is 5.82 Å². The molecule has 0 aliphatic heterocycles. The van der Waals surface area contributed by atoms with E-state index in [1.54, 1.807) is 0 Å². The number of sulfone groups is 1. The summed E-state index contributed by atoms with van der Waals surface area (Å²) in [4.78, 5) is 0.166. The Morgan fingerprint density at radius 2 is 1.81 bits per heavy atom. The Morgan fingerprint density at radius 3 is 2.19 bits per heavy atom. The normalized spacial score (nSPS) is 19.1. The van der Waals surface area contributed by atoms with Crippen LogP contribution in [-0.2, 0) is 9.84 Å². The molecule has 2 rings (SSSR count). The van der Waals surface area contributed by atoms with E-state index in [4.69, 9.17) is 5.73 Å². The molecule has 2 N–H and O–H groups in total. The van der Waals surface area contributed by atoms with Gasteiger partial charge in [-0.2, -0.15) is 0 Å². The lowest BCUT2D eigenvalue weighted by atomic mass is 9.84. The maximum absolute atomic E-state index is 12.7. The minimum absolute atomic E-state index is 0.132. The van der Waals surface area contributed by atoms with Gasteiger partial charge in [0.05, 0.1) is 9.64 Å². The van der Waals surface area contributed by atoms with Gasteiger partial charge in [0.15, 0.2) is 9.84 Å². The molecule has 1 fully saturated rings. The van der Waals surface area contributed by atoms with Gasteiger partial charge in [-0.15, -0.1) is 0 Å². The van der Waals surface area contributed by atoms with Crippen LogP contribution in [0.5, 0.6) is 0 Å². The Bertz CT molecular complexity index is 472. The summed E-state index contributed by atoms with van der Waals surface area (Å²) in [5, 5.41) is 0. The van der Waals surface area contributed by atoms with Crippen molar-refractivity contribution in [2.75, 3.05) is 6.54 Å². The molecule has 0 bridgehead atoms. The third-order valence-corrected chi connectivity index (χ3v) is 5.94. The number of benzene rings is 1. The van der Waals surface area contributed by atoms with Gasteiger partial charge in [-0.1, -0.05) is 6.42 Å². The molecular formula is C11H14FNO2S. The van der Waals surface area contributed by atoms with Crippen LogP contribution in [0.25, 0.3) is 0 Å². The fourth-order valence-electron chi connectivity index (χ4n) is 2.02. The smallest absolute Gasteiger partial charge is 0.185 e. The zero-order valence-electron chi connectivity index (χ0n) is 8.82. The second-order valence-electron chi connectivity index (χ2n) is 4.20. The zero-order valence-corrected chi connectivity index (χ0v) is 9.63. The van der Waals surface area contributed by atoms with Crippen LogP contribution >= 0.6 is 0 Å². The SMILES string of the molecule is NCC1(S(=O)(=O)c2ccc(F)cc2)CCC1. The first-order valence-corrected chi connectivity index (χ1v) is 6.70. The second kappa shape index (κ2) is 3.82. The van der Waals surface area contributed by atoms with Crippen LogP contribution < -0.4 is 5.73 Å². The second-order valence-corrected chi connectivity index (χ2v) is 6.54. The Labute approximate surface area is 94.4 Å². The minimum atomic E-state index is -3.42. The molecular weight excluding hydrogens is 229 g/mol. The summed E-state index contributed by atoms with van der Waals surface area (Å²) in [6.45, 7) is 0.132. The molecule has 1 saturated carbocycles. The molecule has 0 amide bonds. The summed E-state index contributed by atoms with van der Waals surface area (Å²) >= 11 is 0. The largest absolute Gasteiger partial charge is 0.329 e. The van der Waals surface area contributed by atoms with Crippen LogP contribution in [0.4, 0.5) is 4.39 Å². The predicted molar refractivity (Wildman–Crippen MR) is 59.2 cm³/mol. The van der Waals surface area contributed by atoms with Gasteiger partial charge in [0.25, 0.3) is 0 Å².